The van der Waals surface area contributed by atoms with Gasteiger partial charge in [-0.25, -0.2) is 0 Å². The van der Waals surface area contributed by atoms with Gasteiger partial charge in [0, 0.05) is 0 Å². The van der Waals surface area contributed by atoms with Gasteiger partial charge in [-0.15, -0.1) is 0 Å². The third kappa shape index (κ3) is 3.36. The minimum Gasteiger partial charge on any atom is -0.495 e. The number of benzene rings is 1. The van der Waals surface area contributed by atoms with Crippen molar-refractivity contribution in [3.8, 4) is 11.5 Å². The SMILES string of the molecule is CNCCC(C)c1ccc(OC)c(Br)c1OC. The highest BCUT2D eigenvalue weighted by Crippen LogP contribution is 2.40. The van der Waals surface area contributed by atoms with E-state index in [9.17, 15) is 0 Å². The van der Waals surface area contributed by atoms with Gasteiger partial charge in [-0.3, -0.25) is 0 Å². The largest absolute Gasteiger partial charge is 0.495 e. The van der Waals surface area contributed by atoms with Crippen LogP contribution in [0.5, 0.6) is 11.5 Å². The van der Waals surface area contributed by atoms with E-state index < -0.39 is 0 Å². The van der Waals surface area contributed by atoms with Gasteiger partial charge in [0.05, 0.1) is 14.2 Å². The zero-order valence-electron chi connectivity index (χ0n) is 10.8. The number of rotatable bonds is 6. The third-order valence-corrected chi connectivity index (χ3v) is 3.63. The summed E-state index contributed by atoms with van der Waals surface area (Å²) >= 11 is 3.52. The molecule has 3 nitrogen and oxygen atoms in total. The first-order valence-corrected chi connectivity index (χ1v) is 6.50. The van der Waals surface area contributed by atoms with Crippen LogP contribution in [0.4, 0.5) is 0 Å². The summed E-state index contributed by atoms with van der Waals surface area (Å²) in [6.45, 7) is 3.20. The van der Waals surface area contributed by atoms with Crippen molar-refractivity contribution in [2.75, 3.05) is 27.8 Å². The molecule has 0 aromatic heterocycles. The molecule has 4 heteroatoms. The average molecular weight is 302 g/mol. The van der Waals surface area contributed by atoms with Crippen molar-refractivity contribution in [1.82, 2.24) is 5.32 Å². The van der Waals surface area contributed by atoms with Crippen molar-refractivity contribution < 1.29 is 9.47 Å². The van der Waals surface area contributed by atoms with Gasteiger partial charge in [-0.05, 0) is 53.5 Å². The van der Waals surface area contributed by atoms with Crippen LogP contribution in [0.15, 0.2) is 16.6 Å². The van der Waals surface area contributed by atoms with E-state index in [1.807, 2.05) is 13.1 Å². The van der Waals surface area contributed by atoms with Crippen LogP contribution in [-0.4, -0.2) is 27.8 Å². The van der Waals surface area contributed by atoms with E-state index in [0.29, 0.717) is 5.92 Å². The summed E-state index contributed by atoms with van der Waals surface area (Å²) in [5.74, 6) is 2.11. The predicted molar refractivity (Wildman–Crippen MR) is 74.2 cm³/mol. The standard InChI is InChI=1S/C13H20BrNO2/c1-9(7-8-15-2)10-5-6-11(16-3)12(14)13(10)17-4/h5-6,9,15H,7-8H2,1-4H3. The van der Waals surface area contributed by atoms with E-state index in [2.05, 4.69) is 34.2 Å². The highest BCUT2D eigenvalue weighted by Gasteiger charge is 2.16. The van der Waals surface area contributed by atoms with Crippen LogP contribution in [0, 0.1) is 0 Å². The van der Waals surface area contributed by atoms with Crippen LogP contribution in [0.1, 0.15) is 24.8 Å². The Bertz CT molecular complexity index is 369. The molecule has 17 heavy (non-hydrogen) atoms. The smallest absolute Gasteiger partial charge is 0.140 e. The number of hydrogen-bond acceptors (Lipinski definition) is 3. The monoisotopic (exact) mass is 301 g/mol. The maximum Gasteiger partial charge on any atom is 0.140 e. The van der Waals surface area contributed by atoms with Crippen molar-refractivity contribution in [2.45, 2.75) is 19.3 Å². The molecule has 0 fully saturated rings. The number of nitrogens with one attached hydrogen (secondary N) is 1. The van der Waals surface area contributed by atoms with Crippen LogP contribution >= 0.6 is 15.9 Å². The van der Waals surface area contributed by atoms with Crippen molar-refractivity contribution in [3.05, 3.63) is 22.2 Å². The van der Waals surface area contributed by atoms with E-state index in [1.54, 1.807) is 14.2 Å². The van der Waals surface area contributed by atoms with Gasteiger partial charge in [0.2, 0.25) is 0 Å². The number of halogens is 1. The van der Waals surface area contributed by atoms with Gasteiger partial charge >= 0.3 is 0 Å². The molecule has 0 bridgehead atoms. The first-order chi connectivity index (χ1) is 8.15. The summed E-state index contributed by atoms with van der Waals surface area (Å²) in [5.41, 5.74) is 1.20. The van der Waals surface area contributed by atoms with E-state index in [1.165, 1.54) is 5.56 Å². The number of hydrogen-bond donors (Lipinski definition) is 1. The predicted octanol–water partition coefficient (Wildman–Crippen LogP) is 3.18. The highest BCUT2D eigenvalue weighted by atomic mass is 79.9. The highest BCUT2D eigenvalue weighted by molar-refractivity contribution is 9.10. The van der Waals surface area contributed by atoms with E-state index in [4.69, 9.17) is 9.47 Å². The zero-order chi connectivity index (χ0) is 12.8. The molecule has 0 saturated carbocycles. The summed E-state index contributed by atoms with van der Waals surface area (Å²) in [6.07, 6.45) is 1.08. The minimum absolute atomic E-state index is 0.444. The van der Waals surface area contributed by atoms with Crippen LogP contribution in [0.3, 0.4) is 0 Å². The van der Waals surface area contributed by atoms with Crippen molar-refractivity contribution >= 4 is 15.9 Å². The average Bonchev–Trinajstić information content (AvgIpc) is 2.35. The molecule has 1 N–H and O–H groups in total. The summed E-state index contributed by atoms with van der Waals surface area (Å²) in [5, 5.41) is 3.17. The van der Waals surface area contributed by atoms with E-state index >= 15 is 0 Å². The molecule has 0 aliphatic rings. The Morgan fingerprint density at radius 3 is 2.53 bits per heavy atom. The lowest BCUT2D eigenvalue weighted by molar-refractivity contribution is 0.383. The molecule has 1 aromatic rings. The van der Waals surface area contributed by atoms with Gasteiger partial charge in [0.15, 0.2) is 0 Å². The molecule has 96 valence electrons. The molecule has 0 spiro atoms. The van der Waals surface area contributed by atoms with Gasteiger partial charge in [-0.1, -0.05) is 13.0 Å². The second kappa shape index (κ2) is 6.87. The zero-order valence-corrected chi connectivity index (χ0v) is 12.4. The normalized spacial score (nSPS) is 12.3. The fourth-order valence-electron chi connectivity index (χ4n) is 1.82. The Morgan fingerprint density at radius 1 is 1.29 bits per heavy atom. The molecule has 0 heterocycles. The molecule has 1 aromatic carbocycles. The molecule has 0 saturated heterocycles. The van der Waals surface area contributed by atoms with Crippen LogP contribution < -0.4 is 14.8 Å². The first-order valence-electron chi connectivity index (χ1n) is 5.70. The molecule has 0 radical (unpaired) electrons. The fourth-order valence-corrected chi connectivity index (χ4v) is 2.51. The minimum atomic E-state index is 0.444. The maximum absolute atomic E-state index is 5.47. The second-order valence-electron chi connectivity index (χ2n) is 4.00. The summed E-state index contributed by atoms with van der Waals surface area (Å²) in [6, 6.07) is 4.04. The lowest BCUT2D eigenvalue weighted by atomic mass is 9.96. The van der Waals surface area contributed by atoms with Crippen molar-refractivity contribution in [1.29, 1.82) is 0 Å². The molecule has 1 rings (SSSR count). The Balaban J connectivity index is 3.03. The Hall–Kier alpha value is -0.740. The lowest BCUT2D eigenvalue weighted by Gasteiger charge is -2.18. The van der Waals surface area contributed by atoms with Crippen molar-refractivity contribution in [2.24, 2.45) is 0 Å². The summed E-state index contributed by atoms with van der Waals surface area (Å²) in [7, 11) is 5.31. The van der Waals surface area contributed by atoms with E-state index in [0.717, 1.165) is 28.9 Å². The van der Waals surface area contributed by atoms with Crippen LogP contribution in [0.2, 0.25) is 0 Å². The molecule has 0 amide bonds. The topological polar surface area (TPSA) is 30.5 Å². The quantitative estimate of drug-likeness (QED) is 0.875. The van der Waals surface area contributed by atoms with Crippen molar-refractivity contribution in [3.63, 3.8) is 0 Å². The molecule has 0 aliphatic carbocycles. The summed E-state index contributed by atoms with van der Waals surface area (Å²) in [4.78, 5) is 0. The molecular formula is C13H20BrNO2. The Kier molecular flexibility index (Phi) is 5.78. The molecular weight excluding hydrogens is 282 g/mol. The Morgan fingerprint density at radius 2 is 2.00 bits per heavy atom. The van der Waals surface area contributed by atoms with Gasteiger partial charge < -0.3 is 14.8 Å². The number of ether oxygens (including phenoxy) is 2. The van der Waals surface area contributed by atoms with Crippen LogP contribution in [-0.2, 0) is 0 Å². The van der Waals surface area contributed by atoms with Crippen LogP contribution in [0.25, 0.3) is 0 Å². The van der Waals surface area contributed by atoms with E-state index in [-0.39, 0.29) is 0 Å². The second-order valence-corrected chi connectivity index (χ2v) is 4.79. The molecule has 0 aliphatic heterocycles. The summed E-state index contributed by atoms with van der Waals surface area (Å²) < 4.78 is 11.6. The van der Waals surface area contributed by atoms with Gasteiger partial charge in [0.25, 0.3) is 0 Å². The first kappa shape index (κ1) is 14.3. The molecule has 1 atom stereocenters. The fraction of sp³-hybridized carbons (Fsp3) is 0.538. The number of methoxy groups -OCH3 is 2. The molecule has 1 unspecified atom stereocenters. The van der Waals surface area contributed by atoms with Gasteiger partial charge in [0.1, 0.15) is 16.0 Å². The third-order valence-electron chi connectivity index (χ3n) is 2.87. The van der Waals surface area contributed by atoms with Gasteiger partial charge in [-0.2, -0.15) is 0 Å². The maximum atomic E-state index is 5.47. The Labute approximate surface area is 112 Å². The lowest BCUT2D eigenvalue weighted by Crippen LogP contribution is -2.11.